The molecule has 0 radical (unpaired) electrons. The number of hydrogen-bond acceptors (Lipinski definition) is 3. The molecule has 1 aliphatic carbocycles. The van der Waals surface area contributed by atoms with Crippen molar-refractivity contribution in [3.8, 4) is 0 Å². The minimum atomic E-state index is -1.62. The molecule has 128 valence electrons. The van der Waals surface area contributed by atoms with Crippen LogP contribution in [0.15, 0.2) is 0 Å². The molecule has 0 atom stereocenters. The highest BCUT2D eigenvalue weighted by atomic mass is 19.2. The average Bonchev–Trinajstić information content (AvgIpc) is 3.04. The van der Waals surface area contributed by atoms with Gasteiger partial charge in [-0.1, -0.05) is 12.8 Å². The molecule has 7 heteroatoms. The molecule has 1 aliphatic heterocycles. The first-order valence-electron chi connectivity index (χ1n) is 8.23. The van der Waals surface area contributed by atoms with E-state index < -0.39 is 29.2 Å². The molecule has 1 saturated heterocycles. The Kier molecular flexibility index (Phi) is 5.04. The van der Waals surface area contributed by atoms with Crippen LogP contribution in [0.4, 0.5) is 23.2 Å². The van der Waals surface area contributed by atoms with E-state index in [0.717, 1.165) is 25.6 Å². The van der Waals surface area contributed by atoms with Crippen LogP contribution in [0.2, 0.25) is 0 Å². The van der Waals surface area contributed by atoms with Gasteiger partial charge in [-0.3, -0.25) is 0 Å². The Labute approximate surface area is 133 Å². The van der Waals surface area contributed by atoms with Crippen molar-refractivity contribution in [2.75, 3.05) is 25.0 Å². The van der Waals surface area contributed by atoms with Crippen molar-refractivity contribution in [2.24, 2.45) is 5.92 Å². The predicted molar refractivity (Wildman–Crippen MR) is 79.1 cm³/mol. The monoisotopic (exact) mass is 331 g/mol. The molecule has 23 heavy (non-hydrogen) atoms. The van der Waals surface area contributed by atoms with Crippen LogP contribution in [0.3, 0.4) is 0 Å². The van der Waals surface area contributed by atoms with Gasteiger partial charge in [0.25, 0.3) is 11.9 Å². The third kappa shape index (κ3) is 3.76. The quantitative estimate of drug-likeness (QED) is 0.673. The maximum absolute atomic E-state index is 13.6. The van der Waals surface area contributed by atoms with Crippen molar-refractivity contribution in [3.05, 3.63) is 23.5 Å². The fraction of sp³-hybridized carbons (Fsp3) is 0.688. The summed E-state index contributed by atoms with van der Waals surface area (Å²) in [5.41, 5.74) is -0.746. The van der Waals surface area contributed by atoms with E-state index in [0.29, 0.717) is 12.8 Å². The summed E-state index contributed by atoms with van der Waals surface area (Å²) in [6.07, 6.45) is 6.56. The van der Waals surface area contributed by atoms with Crippen LogP contribution >= 0.6 is 0 Å². The minimum absolute atomic E-state index is 0.194. The zero-order chi connectivity index (χ0) is 16.4. The number of hydrogen-bond donors (Lipinski definition) is 1. The molecule has 1 saturated carbocycles. The average molecular weight is 331 g/mol. The fourth-order valence-corrected chi connectivity index (χ4v) is 3.64. The molecule has 0 spiro atoms. The number of rotatable bonds is 4. The summed E-state index contributed by atoms with van der Waals surface area (Å²) in [7, 11) is 0. The predicted octanol–water partition coefficient (Wildman–Crippen LogP) is 3.70. The van der Waals surface area contributed by atoms with Gasteiger partial charge in [-0.25, -0.2) is 0 Å². The first kappa shape index (κ1) is 16.5. The van der Waals surface area contributed by atoms with Crippen molar-refractivity contribution < 1.29 is 17.6 Å². The number of halogens is 4. The van der Waals surface area contributed by atoms with E-state index in [4.69, 9.17) is 0 Å². The second kappa shape index (κ2) is 7.03. The van der Waals surface area contributed by atoms with E-state index in [-0.39, 0.29) is 6.04 Å². The van der Waals surface area contributed by atoms with Crippen molar-refractivity contribution >= 4 is 5.69 Å². The number of nitrogens with zero attached hydrogens (tertiary/aromatic N) is 2. The molecule has 0 unspecified atom stereocenters. The van der Waals surface area contributed by atoms with Gasteiger partial charge in [0.15, 0.2) is 0 Å². The summed E-state index contributed by atoms with van der Waals surface area (Å²) >= 11 is 0. The second-order valence-electron chi connectivity index (χ2n) is 6.57. The van der Waals surface area contributed by atoms with Gasteiger partial charge in [-0.05, 0) is 31.6 Å². The maximum atomic E-state index is 13.6. The van der Waals surface area contributed by atoms with Gasteiger partial charge in [-0.15, -0.1) is 0 Å². The van der Waals surface area contributed by atoms with E-state index in [1.165, 1.54) is 25.7 Å². The van der Waals surface area contributed by atoms with Crippen LogP contribution in [-0.4, -0.2) is 35.6 Å². The van der Waals surface area contributed by atoms with Gasteiger partial charge >= 0.3 is 0 Å². The molecule has 1 N–H and O–H groups in total. The molecular formula is C16H21F4N3. The van der Waals surface area contributed by atoms with Gasteiger partial charge in [0.1, 0.15) is 5.69 Å². The van der Waals surface area contributed by atoms with Crippen LogP contribution in [-0.2, 0) is 0 Å². The molecule has 2 heterocycles. The van der Waals surface area contributed by atoms with E-state index in [9.17, 15) is 17.6 Å². The largest absolute Gasteiger partial charge is 0.377 e. The fourth-order valence-electron chi connectivity index (χ4n) is 3.64. The zero-order valence-corrected chi connectivity index (χ0v) is 12.9. The summed E-state index contributed by atoms with van der Waals surface area (Å²) in [5, 5.41) is 2.62. The summed E-state index contributed by atoms with van der Waals surface area (Å²) in [6, 6.07) is -0.194. The molecule has 0 amide bonds. The van der Waals surface area contributed by atoms with Gasteiger partial charge in [0, 0.05) is 25.7 Å². The maximum Gasteiger partial charge on any atom is 0.253 e. The van der Waals surface area contributed by atoms with Crippen molar-refractivity contribution in [3.63, 3.8) is 0 Å². The SMILES string of the molecule is Fc1nc(F)c(F)c(NC2CCN(CC3CCCC3)CC2)c1F. The number of nitrogens with one attached hydrogen (secondary N) is 1. The van der Waals surface area contributed by atoms with Crippen molar-refractivity contribution in [1.29, 1.82) is 0 Å². The van der Waals surface area contributed by atoms with Crippen molar-refractivity contribution in [1.82, 2.24) is 9.88 Å². The molecule has 1 aromatic rings. The lowest BCUT2D eigenvalue weighted by atomic mass is 10.0. The van der Waals surface area contributed by atoms with Gasteiger partial charge < -0.3 is 10.2 Å². The Balaban J connectivity index is 1.56. The number of pyridine rings is 1. The van der Waals surface area contributed by atoms with E-state index >= 15 is 0 Å². The van der Waals surface area contributed by atoms with Crippen LogP contribution < -0.4 is 5.32 Å². The van der Waals surface area contributed by atoms with Crippen molar-refractivity contribution in [2.45, 2.75) is 44.6 Å². The van der Waals surface area contributed by atoms with E-state index in [2.05, 4.69) is 15.2 Å². The topological polar surface area (TPSA) is 28.2 Å². The second-order valence-corrected chi connectivity index (χ2v) is 6.57. The highest BCUT2D eigenvalue weighted by Crippen LogP contribution is 2.28. The Morgan fingerprint density at radius 3 is 2.04 bits per heavy atom. The first-order valence-corrected chi connectivity index (χ1v) is 8.23. The number of aromatic nitrogens is 1. The normalized spacial score (nSPS) is 21.0. The van der Waals surface area contributed by atoms with Gasteiger partial charge in [0.2, 0.25) is 11.6 Å². The first-order chi connectivity index (χ1) is 11.0. The molecule has 2 fully saturated rings. The summed E-state index contributed by atoms with van der Waals surface area (Å²) < 4.78 is 53.5. The van der Waals surface area contributed by atoms with E-state index in [1.54, 1.807) is 0 Å². The standard InChI is InChI=1S/C16H21F4N3/c17-12-14(13(18)16(20)22-15(12)19)21-11-5-7-23(8-6-11)9-10-3-1-2-4-10/h10-11H,1-9H2,(H,21,22). The lowest BCUT2D eigenvalue weighted by molar-refractivity contribution is 0.188. The van der Waals surface area contributed by atoms with Crippen LogP contribution in [0.25, 0.3) is 0 Å². The summed E-state index contributed by atoms with van der Waals surface area (Å²) in [4.78, 5) is 4.93. The minimum Gasteiger partial charge on any atom is -0.377 e. The lowest BCUT2D eigenvalue weighted by Crippen LogP contribution is -2.41. The Bertz CT molecular complexity index is 526. The van der Waals surface area contributed by atoms with Crippen LogP contribution in [0.5, 0.6) is 0 Å². The molecule has 3 nitrogen and oxygen atoms in total. The summed E-state index contributed by atoms with van der Waals surface area (Å²) in [5.74, 6) is -5.40. The molecule has 0 bridgehead atoms. The molecular weight excluding hydrogens is 310 g/mol. The third-order valence-electron chi connectivity index (χ3n) is 4.92. The van der Waals surface area contributed by atoms with Crippen LogP contribution in [0, 0.1) is 29.4 Å². The molecule has 0 aromatic carbocycles. The Morgan fingerprint density at radius 1 is 0.913 bits per heavy atom. The lowest BCUT2D eigenvalue weighted by Gasteiger charge is -2.34. The van der Waals surface area contributed by atoms with Crippen LogP contribution in [0.1, 0.15) is 38.5 Å². The number of likely N-dealkylation sites (tertiary alicyclic amines) is 1. The Morgan fingerprint density at radius 2 is 1.48 bits per heavy atom. The smallest absolute Gasteiger partial charge is 0.253 e. The van der Waals surface area contributed by atoms with E-state index in [1.807, 2.05) is 0 Å². The molecule has 1 aromatic heterocycles. The highest BCUT2D eigenvalue weighted by molar-refractivity contribution is 5.46. The third-order valence-corrected chi connectivity index (χ3v) is 4.92. The van der Waals surface area contributed by atoms with Gasteiger partial charge in [-0.2, -0.15) is 22.5 Å². The molecule has 3 rings (SSSR count). The zero-order valence-electron chi connectivity index (χ0n) is 12.9. The number of anilines is 1. The highest BCUT2D eigenvalue weighted by Gasteiger charge is 2.26. The Hall–Kier alpha value is -1.37. The van der Waals surface area contributed by atoms with Gasteiger partial charge in [0.05, 0.1) is 0 Å². The molecule has 2 aliphatic rings. The number of piperidine rings is 1. The summed E-state index contributed by atoms with van der Waals surface area (Å²) in [6.45, 7) is 2.73.